The summed E-state index contributed by atoms with van der Waals surface area (Å²) < 4.78 is 23.7. The van der Waals surface area contributed by atoms with Crippen molar-refractivity contribution in [2.45, 2.75) is 112 Å². The van der Waals surface area contributed by atoms with E-state index in [4.69, 9.17) is 36.1 Å². The van der Waals surface area contributed by atoms with Crippen molar-refractivity contribution in [1.29, 1.82) is 0 Å². The van der Waals surface area contributed by atoms with Crippen molar-refractivity contribution in [2.24, 2.45) is 17.2 Å². The van der Waals surface area contributed by atoms with Crippen LogP contribution in [0.25, 0.3) is 0 Å². The maximum Gasteiger partial charge on any atom is 0.185 e. The SMILES string of the molecule is CN[C@@H]1[C@@H](O)[C@H](O[C@@H]2[C@@H](O)[C@H](O[C@@H]3O[C@H]([C@@H](C)NC)CC[C@H]3N)[C@@H](N)C[C@H]2N)OC[C@]1(C)O. The van der Waals surface area contributed by atoms with Gasteiger partial charge < -0.3 is 62.1 Å². The maximum absolute atomic E-state index is 11.1. The third-order valence-corrected chi connectivity index (χ3v) is 7.24. The molecule has 0 unspecified atom stereocenters. The Hall–Kier alpha value is -0.480. The van der Waals surface area contributed by atoms with E-state index in [2.05, 4.69) is 10.6 Å². The summed E-state index contributed by atoms with van der Waals surface area (Å²) in [6.45, 7) is 3.52. The van der Waals surface area contributed by atoms with Gasteiger partial charge in [-0.25, -0.2) is 0 Å². The highest BCUT2D eigenvalue weighted by atomic mass is 16.7. The molecule has 2 heterocycles. The Kier molecular flexibility index (Phi) is 9.09. The molecule has 2 saturated heterocycles. The Bertz CT molecular complexity index is 632. The van der Waals surface area contributed by atoms with Gasteiger partial charge >= 0.3 is 0 Å². The summed E-state index contributed by atoms with van der Waals surface area (Å²) in [6.07, 6.45) is -4.22. The highest BCUT2D eigenvalue weighted by Crippen LogP contribution is 2.31. The Morgan fingerprint density at radius 3 is 2.15 bits per heavy atom. The lowest BCUT2D eigenvalue weighted by atomic mass is 9.84. The van der Waals surface area contributed by atoms with Gasteiger partial charge in [-0.2, -0.15) is 0 Å². The molecule has 0 aromatic rings. The molecular formula is C21H43N5O7. The van der Waals surface area contributed by atoms with Gasteiger partial charge in [0, 0.05) is 18.1 Å². The van der Waals surface area contributed by atoms with Crippen LogP contribution in [0.4, 0.5) is 0 Å². The average Bonchev–Trinajstić information content (AvgIpc) is 2.76. The van der Waals surface area contributed by atoms with E-state index in [1.807, 2.05) is 14.0 Å². The van der Waals surface area contributed by atoms with E-state index in [-0.39, 0.29) is 24.8 Å². The summed E-state index contributed by atoms with van der Waals surface area (Å²) in [5.41, 5.74) is 17.5. The van der Waals surface area contributed by atoms with Crippen LogP contribution in [0.2, 0.25) is 0 Å². The molecule has 3 aliphatic rings. The zero-order valence-corrected chi connectivity index (χ0v) is 20.0. The van der Waals surface area contributed by atoms with E-state index in [9.17, 15) is 15.3 Å². The summed E-state index contributed by atoms with van der Waals surface area (Å²) in [5.74, 6) is 0. The second-order valence-corrected chi connectivity index (χ2v) is 9.91. The Labute approximate surface area is 195 Å². The second-order valence-electron chi connectivity index (χ2n) is 9.91. The molecule has 3 fully saturated rings. The van der Waals surface area contributed by atoms with Crippen molar-refractivity contribution in [3.8, 4) is 0 Å². The minimum atomic E-state index is -1.29. The molecule has 0 bridgehead atoms. The topological polar surface area (TPSA) is 200 Å². The monoisotopic (exact) mass is 477 g/mol. The Morgan fingerprint density at radius 2 is 1.58 bits per heavy atom. The first-order chi connectivity index (χ1) is 15.5. The molecule has 2 aliphatic heterocycles. The van der Waals surface area contributed by atoms with Crippen LogP contribution in [0.3, 0.4) is 0 Å². The molecule has 0 radical (unpaired) electrons. The van der Waals surface area contributed by atoms with Crippen LogP contribution in [0.15, 0.2) is 0 Å². The van der Waals surface area contributed by atoms with Gasteiger partial charge in [0.1, 0.15) is 30.0 Å². The quantitative estimate of drug-likeness (QED) is 0.182. The van der Waals surface area contributed by atoms with Gasteiger partial charge in [0.15, 0.2) is 12.6 Å². The highest BCUT2D eigenvalue weighted by Gasteiger charge is 2.50. The molecule has 1 aliphatic carbocycles. The summed E-state index contributed by atoms with van der Waals surface area (Å²) in [4.78, 5) is 0. The lowest BCUT2D eigenvalue weighted by molar-refractivity contribution is -0.307. The van der Waals surface area contributed by atoms with Crippen LogP contribution < -0.4 is 27.8 Å². The van der Waals surface area contributed by atoms with Crippen molar-refractivity contribution in [1.82, 2.24) is 10.6 Å². The van der Waals surface area contributed by atoms with E-state index in [0.717, 1.165) is 6.42 Å². The van der Waals surface area contributed by atoms with Gasteiger partial charge in [0.25, 0.3) is 0 Å². The summed E-state index contributed by atoms with van der Waals surface area (Å²) in [5, 5.41) is 38.3. The van der Waals surface area contributed by atoms with Crippen molar-refractivity contribution < 1.29 is 34.3 Å². The number of nitrogens with one attached hydrogen (secondary N) is 2. The van der Waals surface area contributed by atoms with Crippen LogP contribution >= 0.6 is 0 Å². The van der Waals surface area contributed by atoms with Crippen LogP contribution in [-0.2, 0) is 18.9 Å². The molecule has 0 amide bonds. The number of aliphatic hydroxyl groups excluding tert-OH is 2. The van der Waals surface area contributed by atoms with Crippen LogP contribution in [0, 0.1) is 0 Å². The number of hydrogen-bond acceptors (Lipinski definition) is 12. The van der Waals surface area contributed by atoms with Gasteiger partial charge in [-0.3, -0.25) is 0 Å². The Morgan fingerprint density at radius 1 is 0.970 bits per heavy atom. The fourth-order valence-corrected chi connectivity index (χ4v) is 5.04. The number of likely N-dealkylation sites (N-methyl/N-ethyl adjacent to an activating group) is 2. The van der Waals surface area contributed by atoms with Crippen molar-refractivity contribution in [3.63, 3.8) is 0 Å². The summed E-state index contributed by atoms with van der Waals surface area (Å²) >= 11 is 0. The lowest BCUT2D eigenvalue weighted by Gasteiger charge is -2.48. The first-order valence-electron chi connectivity index (χ1n) is 11.8. The van der Waals surface area contributed by atoms with Crippen molar-refractivity contribution >= 4 is 0 Å². The largest absolute Gasteiger partial charge is 0.388 e. The molecule has 0 aromatic carbocycles. The van der Waals surface area contributed by atoms with Crippen molar-refractivity contribution in [3.05, 3.63) is 0 Å². The predicted molar refractivity (Wildman–Crippen MR) is 120 cm³/mol. The van der Waals surface area contributed by atoms with E-state index < -0.39 is 60.7 Å². The maximum atomic E-state index is 11.1. The van der Waals surface area contributed by atoms with E-state index in [1.54, 1.807) is 14.0 Å². The molecule has 13 atom stereocenters. The molecular weight excluding hydrogens is 434 g/mol. The van der Waals surface area contributed by atoms with Gasteiger partial charge in [0.2, 0.25) is 0 Å². The number of hydrogen-bond donors (Lipinski definition) is 8. The molecule has 33 heavy (non-hydrogen) atoms. The van der Waals surface area contributed by atoms with Gasteiger partial charge in [0.05, 0.1) is 24.8 Å². The average molecular weight is 478 g/mol. The standard InChI is InChI=1S/C21H43N5O7/c1-9(25-3)13-6-5-10(22)19(31-13)32-16-11(23)7-12(24)17(14(16)27)33-20-15(28)18(26-4)21(2,29)8-30-20/h9-20,25-29H,5-8,22-24H2,1-4H3/t9-,10-,11+,12-,13+,14+,15-,16-,17+,18-,19+,20+,21+/m1/s1. The molecule has 0 aromatic heterocycles. The molecule has 0 spiro atoms. The lowest BCUT2D eigenvalue weighted by Crippen LogP contribution is -2.68. The predicted octanol–water partition coefficient (Wildman–Crippen LogP) is -3.33. The zero-order chi connectivity index (χ0) is 24.5. The van der Waals surface area contributed by atoms with Gasteiger partial charge in [-0.15, -0.1) is 0 Å². The van der Waals surface area contributed by atoms with E-state index >= 15 is 0 Å². The molecule has 1 saturated carbocycles. The third-order valence-electron chi connectivity index (χ3n) is 7.24. The summed E-state index contributed by atoms with van der Waals surface area (Å²) in [7, 11) is 3.49. The fraction of sp³-hybridized carbons (Fsp3) is 1.00. The highest BCUT2D eigenvalue weighted by molar-refractivity contribution is 5.02. The normalized spacial score (nSPS) is 50.2. The molecule has 11 N–H and O–H groups in total. The summed E-state index contributed by atoms with van der Waals surface area (Å²) in [6, 6.07) is -2.11. The molecule has 194 valence electrons. The van der Waals surface area contributed by atoms with E-state index in [1.165, 1.54) is 0 Å². The van der Waals surface area contributed by atoms with Crippen LogP contribution in [-0.4, -0.2) is 115 Å². The first kappa shape index (κ1) is 27.1. The first-order valence-corrected chi connectivity index (χ1v) is 11.8. The van der Waals surface area contributed by atoms with E-state index in [0.29, 0.717) is 12.8 Å². The third kappa shape index (κ3) is 5.85. The second kappa shape index (κ2) is 11.1. The molecule has 12 heteroatoms. The van der Waals surface area contributed by atoms with Crippen LogP contribution in [0.1, 0.15) is 33.1 Å². The number of nitrogens with two attached hydrogens (primary N) is 3. The van der Waals surface area contributed by atoms with Gasteiger partial charge in [-0.1, -0.05) is 0 Å². The van der Waals surface area contributed by atoms with Crippen molar-refractivity contribution in [2.75, 3.05) is 20.7 Å². The number of ether oxygens (including phenoxy) is 4. The minimum Gasteiger partial charge on any atom is -0.388 e. The molecule has 3 rings (SSSR count). The molecule has 12 nitrogen and oxygen atoms in total. The number of aliphatic hydroxyl groups is 3. The number of rotatable bonds is 7. The Balaban J connectivity index is 1.68. The van der Waals surface area contributed by atoms with Crippen LogP contribution in [0.5, 0.6) is 0 Å². The zero-order valence-electron chi connectivity index (χ0n) is 20.0. The smallest absolute Gasteiger partial charge is 0.185 e. The van der Waals surface area contributed by atoms with Gasteiger partial charge in [-0.05, 0) is 47.2 Å². The fourth-order valence-electron chi connectivity index (χ4n) is 5.04. The minimum absolute atomic E-state index is 0.0620.